The molecule has 16 heteroatoms. The van der Waals surface area contributed by atoms with Gasteiger partial charge in [-0.3, -0.25) is 0 Å². The van der Waals surface area contributed by atoms with Crippen LogP contribution in [0.4, 0.5) is 0 Å². The van der Waals surface area contributed by atoms with Crippen LogP contribution in [0.1, 0.15) is 0 Å². The molecule has 3 rings (SSSR count). The van der Waals surface area contributed by atoms with Gasteiger partial charge in [0.05, 0.1) is 19.8 Å². The molecule has 3 fully saturated rings. The van der Waals surface area contributed by atoms with Gasteiger partial charge in [0, 0.05) is 0 Å². The van der Waals surface area contributed by atoms with Crippen molar-refractivity contribution in [3.8, 4) is 0 Å². The normalized spacial score (nSPS) is 52.5. The fraction of sp³-hybridized carbons (Fsp3) is 1.00. The Morgan fingerprint density at radius 3 is 1.53 bits per heavy atom. The van der Waals surface area contributed by atoms with Gasteiger partial charge in [-0.25, -0.2) is 0 Å². The van der Waals surface area contributed by atoms with Crippen molar-refractivity contribution in [1.29, 1.82) is 0 Å². The highest BCUT2D eigenvalue weighted by molar-refractivity contribution is 4.94. The van der Waals surface area contributed by atoms with Crippen LogP contribution >= 0.6 is 0 Å². The molecule has 0 aromatic rings. The summed E-state index contributed by atoms with van der Waals surface area (Å²) in [7, 11) is 0. The molecular weight excluding hydrogens is 472 g/mol. The lowest BCUT2D eigenvalue weighted by molar-refractivity contribution is -0.363. The molecule has 0 amide bonds. The highest BCUT2D eigenvalue weighted by Crippen LogP contribution is 2.30. The number of ether oxygens (including phenoxy) is 5. The monoisotopic (exact) mass is 504 g/mol. The average Bonchev–Trinajstić information content (AvgIpc) is 2.82. The van der Waals surface area contributed by atoms with Crippen molar-refractivity contribution < 1.29 is 79.9 Å². The minimum Gasteiger partial charge on any atom is -0.394 e. The number of hydrogen-bond acceptors (Lipinski definition) is 16. The first-order chi connectivity index (χ1) is 16.0. The lowest BCUT2D eigenvalue weighted by Gasteiger charge is -2.46. The van der Waals surface area contributed by atoms with E-state index in [0.29, 0.717) is 0 Å². The first-order valence-electron chi connectivity index (χ1n) is 10.6. The molecule has 0 spiro atoms. The Kier molecular flexibility index (Phi) is 9.54. The van der Waals surface area contributed by atoms with Crippen molar-refractivity contribution >= 4 is 0 Å². The highest BCUT2D eigenvalue weighted by atomic mass is 16.7. The zero-order valence-corrected chi connectivity index (χ0v) is 17.7. The van der Waals surface area contributed by atoms with Crippen LogP contribution in [-0.4, -0.2) is 168 Å². The number of rotatable bonds is 7. The molecule has 3 saturated heterocycles. The average molecular weight is 504 g/mol. The Hall–Kier alpha value is -0.640. The summed E-state index contributed by atoms with van der Waals surface area (Å²) in [6.07, 6.45) is -25.0. The third kappa shape index (κ3) is 5.52. The van der Waals surface area contributed by atoms with Crippen LogP contribution in [0, 0.1) is 0 Å². The number of aliphatic hydroxyl groups excluding tert-OH is 11. The lowest BCUT2D eigenvalue weighted by atomic mass is 9.97. The van der Waals surface area contributed by atoms with E-state index in [0.717, 1.165) is 0 Å². The van der Waals surface area contributed by atoms with Crippen molar-refractivity contribution in [2.24, 2.45) is 0 Å². The van der Waals surface area contributed by atoms with Crippen molar-refractivity contribution in [2.75, 3.05) is 19.8 Å². The Morgan fingerprint density at radius 2 is 1.00 bits per heavy atom. The van der Waals surface area contributed by atoms with E-state index < -0.39 is 112 Å². The molecule has 0 aromatic heterocycles. The van der Waals surface area contributed by atoms with Gasteiger partial charge in [-0.2, -0.15) is 0 Å². The van der Waals surface area contributed by atoms with Gasteiger partial charge in [0.15, 0.2) is 18.9 Å². The fourth-order valence-electron chi connectivity index (χ4n) is 3.95. The maximum Gasteiger partial charge on any atom is 0.187 e. The van der Waals surface area contributed by atoms with Gasteiger partial charge in [-0.15, -0.1) is 0 Å². The molecule has 3 aliphatic heterocycles. The minimum atomic E-state index is -1.91. The summed E-state index contributed by atoms with van der Waals surface area (Å²) in [5.41, 5.74) is 0. The maximum absolute atomic E-state index is 10.4. The molecule has 0 aliphatic carbocycles. The van der Waals surface area contributed by atoms with Gasteiger partial charge in [0.1, 0.15) is 73.2 Å². The van der Waals surface area contributed by atoms with E-state index in [4.69, 9.17) is 23.7 Å². The zero-order chi connectivity index (χ0) is 25.3. The number of aliphatic hydroxyl groups is 11. The van der Waals surface area contributed by atoms with Gasteiger partial charge in [0.25, 0.3) is 0 Å². The topological polar surface area (TPSA) is 269 Å². The third-order valence-electron chi connectivity index (χ3n) is 6.07. The van der Waals surface area contributed by atoms with E-state index in [1.807, 2.05) is 0 Å². The number of hydrogen-bond donors (Lipinski definition) is 11. The molecule has 15 unspecified atom stereocenters. The Balaban J connectivity index is 1.72. The molecule has 0 aromatic carbocycles. The molecule has 34 heavy (non-hydrogen) atoms. The third-order valence-corrected chi connectivity index (χ3v) is 6.07. The molecule has 200 valence electrons. The second kappa shape index (κ2) is 11.6. The first kappa shape index (κ1) is 27.9. The Morgan fingerprint density at radius 1 is 0.500 bits per heavy atom. The van der Waals surface area contributed by atoms with Gasteiger partial charge >= 0.3 is 0 Å². The fourth-order valence-corrected chi connectivity index (χ4v) is 3.95. The Labute approximate surface area is 192 Å². The Bertz CT molecular complexity index is 637. The molecular formula is C18H32O16. The van der Waals surface area contributed by atoms with E-state index in [1.165, 1.54) is 0 Å². The second-order valence-corrected chi connectivity index (χ2v) is 8.37. The van der Waals surface area contributed by atoms with E-state index in [-0.39, 0.29) is 0 Å². The van der Waals surface area contributed by atoms with Crippen LogP contribution in [0.25, 0.3) is 0 Å². The summed E-state index contributed by atoms with van der Waals surface area (Å²) >= 11 is 0. The predicted octanol–water partition coefficient (Wildman–Crippen LogP) is -7.57. The molecule has 0 bridgehead atoms. The summed E-state index contributed by atoms with van der Waals surface area (Å²) < 4.78 is 26.4. The van der Waals surface area contributed by atoms with Crippen molar-refractivity contribution in [3.05, 3.63) is 0 Å². The summed E-state index contributed by atoms with van der Waals surface area (Å²) in [5, 5.41) is 109. The van der Waals surface area contributed by atoms with Gasteiger partial charge in [0.2, 0.25) is 0 Å². The lowest BCUT2D eigenvalue weighted by Crippen LogP contribution is -2.65. The van der Waals surface area contributed by atoms with E-state index in [9.17, 15) is 56.2 Å². The van der Waals surface area contributed by atoms with Crippen molar-refractivity contribution in [3.63, 3.8) is 0 Å². The van der Waals surface area contributed by atoms with Crippen LogP contribution in [-0.2, 0) is 23.7 Å². The largest absolute Gasteiger partial charge is 0.394 e. The van der Waals surface area contributed by atoms with E-state index in [2.05, 4.69) is 0 Å². The summed E-state index contributed by atoms with van der Waals surface area (Å²) in [4.78, 5) is 0. The minimum absolute atomic E-state index is 0.619. The van der Waals surface area contributed by atoms with E-state index >= 15 is 0 Å². The van der Waals surface area contributed by atoms with Crippen LogP contribution in [0.5, 0.6) is 0 Å². The highest BCUT2D eigenvalue weighted by Gasteiger charge is 2.51. The maximum atomic E-state index is 10.4. The standard InChI is InChI=1S/C18H32O16/c19-1-4-7(21)9(23)13(27)17(32-4)30-3-6-15(11(25)12(26)16(29)31-6)34-18-14(28)10(24)8(22)5(2-20)33-18/h4-29H,1-3H2. The molecule has 16 nitrogen and oxygen atoms in total. The first-order valence-corrected chi connectivity index (χ1v) is 10.6. The molecule has 0 saturated carbocycles. The summed E-state index contributed by atoms with van der Waals surface area (Å²) in [6.45, 7) is -2.08. The summed E-state index contributed by atoms with van der Waals surface area (Å²) in [6, 6.07) is 0. The quantitative estimate of drug-likeness (QED) is 0.154. The van der Waals surface area contributed by atoms with Crippen LogP contribution in [0.3, 0.4) is 0 Å². The molecule has 3 heterocycles. The van der Waals surface area contributed by atoms with Crippen LogP contribution in [0.15, 0.2) is 0 Å². The zero-order valence-electron chi connectivity index (χ0n) is 17.7. The smallest absolute Gasteiger partial charge is 0.187 e. The van der Waals surface area contributed by atoms with Crippen LogP contribution < -0.4 is 0 Å². The molecule has 0 radical (unpaired) electrons. The summed E-state index contributed by atoms with van der Waals surface area (Å²) in [5.74, 6) is 0. The van der Waals surface area contributed by atoms with Crippen LogP contribution in [0.2, 0.25) is 0 Å². The van der Waals surface area contributed by atoms with Crippen molar-refractivity contribution in [2.45, 2.75) is 92.1 Å². The van der Waals surface area contributed by atoms with E-state index in [1.54, 1.807) is 0 Å². The van der Waals surface area contributed by atoms with Gasteiger partial charge in [-0.05, 0) is 0 Å². The second-order valence-electron chi connectivity index (χ2n) is 8.37. The molecule has 3 aliphatic rings. The molecule has 15 atom stereocenters. The van der Waals surface area contributed by atoms with Crippen molar-refractivity contribution in [1.82, 2.24) is 0 Å². The molecule has 11 N–H and O–H groups in total. The predicted molar refractivity (Wildman–Crippen MR) is 101 cm³/mol. The van der Waals surface area contributed by atoms with Gasteiger partial charge < -0.3 is 79.9 Å². The SMILES string of the molecule is OCC1OC(OCC2OC(O)C(O)C(O)C2OC2OC(CO)C(O)C(O)C2O)C(O)C(O)C1O. The van der Waals surface area contributed by atoms with Gasteiger partial charge in [-0.1, -0.05) is 0 Å².